The Balaban J connectivity index is 1.59. The summed E-state index contributed by atoms with van der Waals surface area (Å²) in [6.07, 6.45) is 2.33. The Bertz CT molecular complexity index is 684. The van der Waals surface area contributed by atoms with Gasteiger partial charge in [-0.25, -0.2) is 0 Å². The molecule has 0 aliphatic carbocycles. The third kappa shape index (κ3) is 3.04. The number of para-hydroxylation sites is 1. The predicted octanol–water partition coefficient (Wildman–Crippen LogP) is 1.84. The number of hydrogen-bond acceptors (Lipinski definition) is 3. The molecule has 1 amide bonds. The minimum Gasteiger partial charge on any atom is -0.340 e. The molecule has 2 aromatic rings. The topological polar surface area (TPSA) is 45.6 Å². The minimum absolute atomic E-state index is 0.0244. The maximum absolute atomic E-state index is 12.3. The van der Waals surface area contributed by atoms with Crippen LogP contribution in [0.15, 0.2) is 36.5 Å². The Labute approximate surface area is 130 Å². The molecule has 1 aromatic heterocycles. The molecule has 2 heterocycles. The van der Waals surface area contributed by atoms with Gasteiger partial charge in [-0.15, -0.1) is 0 Å². The fourth-order valence-corrected chi connectivity index (χ4v) is 2.85. The predicted molar refractivity (Wildman–Crippen MR) is 85.9 cm³/mol. The van der Waals surface area contributed by atoms with Gasteiger partial charge in [-0.3, -0.25) is 14.2 Å². The van der Waals surface area contributed by atoms with Crippen molar-refractivity contribution in [3.05, 3.63) is 36.5 Å². The highest BCUT2D eigenvalue weighted by Gasteiger charge is 2.20. The lowest BCUT2D eigenvalue weighted by atomic mass is 10.2. The average molecular weight is 299 g/mol. The first-order valence-corrected chi connectivity index (χ1v) is 7.71. The molecule has 1 aromatic carbocycles. The van der Waals surface area contributed by atoms with Gasteiger partial charge in [0.05, 0.1) is 5.52 Å². The summed E-state index contributed by atoms with van der Waals surface area (Å²) in [6, 6.07) is 9.70. The van der Waals surface area contributed by atoms with Crippen molar-refractivity contribution in [3.8, 4) is 0 Å². The highest BCUT2D eigenvalue weighted by Crippen LogP contribution is 2.16. The van der Waals surface area contributed by atoms with Gasteiger partial charge in [0.1, 0.15) is 0 Å². The first-order chi connectivity index (χ1) is 10.6. The van der Waals surface area contributed by atoms with Crippen molar-refractivity contribution in [1.29, 1.82) is 0 Å². The van der Waals surface area contributed by atoms with E-state index in [1.807, 2.05) is 35.2 Å². The summed E-state index contributed by atoms with van der Waals surface area (Å²) < 4.78 is 1.65. The number of rotatable bonds is 3. The summed E-state index contributed by atoms with van der Waals surface area (Å²) in [7, 11) is 2.06. The van der Waals surface area contributed by atoms with E-state index in [-0.39, 0.29) is 24.7 Å². The molecule has 5 nitrogen and oxygen atoms in total. The van der Waals surface area contributed by atoms with Crippen LogP contribution in [-0.4, -0.2) is 59.4 Å². The van der Waals surface area contributed by atoms with Gasteiger partial charge in [0, 0.05) is 50.6 Å². The van der Waals surface area contributed by atoms with E-state index in [1.54, 1.807) is 10.8 Å². The molecule has 0 atom stereocenters. The van der Waals surface area contributed by atoms with Crippen molar-refractivity contribution < 1.29 is 9.59 Å². The van der Waals surface area contributed by atoms with Crippen LogP contribution in [0.4, 0.5) is 0 Å². The molecule has 0 unspecified atom stereocenters. The normalized spacial score (nSPS) is 16.1. The highest BCUT2D eigenvalue weighted by molar-refractivity contribution is 5.93. The molecule has 22 heavy (non-hydrogen) atoms. The molecular formula is C17H21N3O2. The van der Waals surface area contributed by atoms with Gasteiger partial charge < -0.3 is 9.80 Å². The second-order valence-corrected chi connectivity index (χ2v) is 5.82. The number of carbonyl (C=O) groups excluding carboxylic acids is 2. The van der Waals surface area contributed by atoms with Gasteiger partial charge in [-0.05, 0) is 19.2 Å². The first kappa shape index (κ1) is 14.8. The summed E-state index contributed by atoms with van der Waals surface area (Å²) in [5.41, 5.74) is 0.902. The molecule has 1 aliphatic rings. The first-order valence-electron chi connectivity index (χ1n) is 7.71. The van der Waals surface area contributed by atoms with Gasteiger partial charge in [-0.2, -0.15) is 0 Å². The number of likely N-dealkylation sites (N-methyl/N-ethyl adjacent to an activating group) is 1. The minimum atomic E-state index is -0.0244. The van der Waals surface area contributed by atoms with Gasteiger partial charge in [0.2, 0.25) is 11.8 Å². The van der Waals surface area contributed by atoms with Crippen LogP contribution in [0, 0.1) is 0 Å². The van der Waals surface area contributed by atoms with Gasteiger partial charge in [-0.1, -0.05) is 18.2 Å². The number of hydrogen-bond donors (Lipinski definition) is 0. The Morgan fingerprint density at radius 3 is 2.41 bits per heavy atom. The number of carbonyl (C=O) groups is 2. The third-order valence-electron chi connectivity index (χ3n) is 4.28. The molecular weight excluding hydrogens is 278 g/mol. The van der Waals surface area contributed by atoms with E-state index in [0.717, 1.165) is 37.1 Å². The molecule has 1 aliphatic heterocycles. The second-order valence-electron chi connectivity index (χ2n) is 5.82. The maximum atomic E-state index is 12.3. The number of nitrogens with zero attached hydrogens (tertiary/aromatic N) is 3. The molecule has 5 heteroatoms. The van der Waals surface area contributed by atoms with Crippen molar-refractivity contribution in [2.45, 2.75) is 12.8 Å². The number of piperazine rings is 1. The van der Waals surface area contributed by atoms with Gasteiger partial charge in [0.25, 0.3) is 0 Å². The van der Waals surface area contributed by atoms with Gasteiger partial charge in [0.15, 0.2) is 0 Å². The number of fused-ring (bicyclic) bond motifs is 1. The number of aromatic nitrogens is 1. The fourth-order valence-electron chi connectivity index (χ4n) is 2.85. The smallest absolute Gasteiger partial charge is 0.231 e. The molecule has 116 valence electrons. The van der Waals surface area contributed by atoms with E-state index in [0.29, 0.717) is 0 Å². The van der Waals surface area contributed by atoms with Crippen LogP contribution in [0.2, 0.25) is 0 Å². The lowest BCUT2D eigenvalue weighted by Gasteiger charge is -2.32. The molecule has 0 radical (unpaired) electrons. The lowest BCUT2D eigenvalue weighted by molar-refractivity contribution is -0.132. The van der Waals surface area contributed by atoms with E-state index >= 15 is 0 Å². The quantitative estimate of drug-likeness (QED) is 0.868. The fraction of sp³-hybridized carbons (Fsp3) is 0.412. The van der Waals surface area contributed by atoms with E-state index in [1.165, 1.54) is 0 Å². The third-order valence-corrected chi connectivity index (χ3v) is 4.28. The summed E-state index contributed by atoms with van der Waals surface area (Å²) >= 11 is 0. The summed E-state index contributed by atoms with van der Waals surface area (Å²) in [5.74, 6) is 0.0570. The lowest BCUT2D eigenvalue weighted by Crippen LogP contribution is -2.47. The van der Waals surface area contributed by atoms with E-state index < -0.39 is 0 Å². The van der Waals surface area contributed by atoms with Crippen molar-refractivity contribution in [1.82, 2.24) is 14.4 Å². The Kier molecular flexibility index (Phi) is 4.24. The SMILES string of the molecule is CN1CCN(C(=O)CCC(=O)n2ccc3ccccc32)CC1. The molecule has 1 saturated heterocycles. The van der Waals surface area contributed by atoms with E-state index in [2.05, 4.69) is 11.9 Å². The van der Waals surface area contributed by atoms with E-state index in [4.69, 9.17) is 0 Å². The van der Waals surface area contributed by atoms with Crippen molar-refractivity contribution in [2.24, 2.45) is 0 Å². The van der Waals surface area contributed by atoms with Crippen LogP contribution >= 0.6 is 0 Å². The molecule has 1 fully saturated rings. The Morgan fingerprint density at radius 1 is 0.955 bits per heavy atom. The summed E-state index contributed by atoms with van der Waals surface area (Å²) in [4.78, 5) is 28.6. The summed E-state index contributed by atoms with van der Waals surface area (Å²) in [6.45, 7) is 3.33. The zero-order valence-corrected chi connectivity index (χ0v) is 12.9. The van der Waals surface area contributed by atoms with Crippen molar-refractivity contribution in [2.75, 3.05) is 33.2 Å². The standard InChI is InChI=1S/C17H21N3O2/c1-18-10-12-19(13-11-18)16(21)6-7-17(22)20-9-8-14-4-2-3-5-15(14)20/h2-5,8-9H,6-7,10-13H2,1H3. The zero-order valence-electron chi connectivity index (χ0n) is 12.9. The number of amides is 1. The molecule has 0 saturated carbocycles. The maximum Gasteiger partial charge on any atom is 0.231 e. The Hall–Kier alpha value is -2.14. The van der Waals surface area contributed by atoms with Crippen LogP contribution in [0.5, 0.6) is 0 Å². The van der Waals surface area contributed by atoms with Crippen LogP contribution in [0.25, 0.3) is 10.9 Å². The molecule has 0 spiro atoms. The van der Waals surface area contributed by atoms with Crippen LogP contribution < -0.4 is 0 Å². The van der Waals surface area contributed by atoms with Gasteiger partial charge >= 0.3 is 0 Å². The molecule has 3 rings (SSSR count). The van der Waals surface area contributed by atoms with Crippen LogP contribution in [0.1, 0.15) is 17.6 Å². The zero-order chi connectivity index (χ0) is 15.5. The monoisotopic (exact) mass is 299 g/mol. The second kappa shape index (κ2) is 6.32. The highest BCUT2D eigenvalue weighted by atomic mass is 16.2. The molecule has 0 bridgehead atoms. The van der Waals surface area contributed by atoms with Crippen molar-refractivity contribution >= 4 is 22.7 Å². The number of benzene rings is 1. The van der Waals surface area contributed by atoms with Crippen LogP contribution in [0.3, 0.4) is 0 Å². The summed E-state index contributed by atoms with van der Waals surface area (Å²) in [5, 5.41) is 1.04. The van der Waals surface area contributed by atoms with Crippen molar-refractivity contribution in [3.63, 3.8) is 0 Å². The average Bonchev–Trinajstić information content (AvgIpc) is 2.97. The largest absolute Gasteiger partial charge is 0.340 e. The Morgan fingerprint density at radius 2 is 1.64 bits per heavy atom. The molecule has 0 N–H and O–H groups in total. The van der Waals surface area contributed by atoms with Crippen LogP contribution in [-0.2, 0) is 4.79 Å². The van der Waals surface area contributed by atoms with E-state index in [9.17, 15) is 9.59 Å².